The minimum absolute atomic E-state index is 0.657. The molecule has 0 spiro atoms. The zero-order valence-corrected chi connectivity index (χ0v) is 13.4. The molecule has 1 aromatic heterocycles. The molecule has 1 aliphatic rings. The van der Waals surface area contributed by atoms with Crippen molar-refractivity contribution < 1.29 is 0 Å². The Kier molecular flexibility index (Phi) is 6.03. The highest BCUT2D eigenvalue weighted by Crippen LogP contribution is 2.33. The number of nitrogens with zero attached hydrogens (tertiary/aromatic N) is 1. The molecule has 1 aromatic rings. The fourth-order valence-corrected chi connectivity index (χ4v) is 3.37. The number of nitrogens with one attached hydrogen (secondary N) is 1. The van der Waals surface area contributed by atoms with E-state index in [0.29, 0.717) is 17.9 Å². The molecule has 2 heteroatoms. The molecule has 2 rings (SSSR count). The average molecular weight is 274 g/mol. The van der Waals surface area contributed by atoms with Crippen molar-refractivity contribution in [2.45, 2.75) is 71.3 Å². The van der Waals surface area contributed by atoms with E-state index in [9.17, 15) is 0 Å². The van der Waals surface area contributed by atoms with E-state index >= 15 is 0 Å². The van der Waals surface area contributed by atoms with Crippen LogP contribution in [0.1, 0.15) is 70.1 Å². The van der Waals surface area contributed by atoms with Gasteiger partial charge in [0.2, 0.25) is 0 Å². The zero-order chi connectivity index (χ0) is 14.4. The van der Waals surface area contributed by atoms with E-state index in [2.05, 4.69) is 43.2 Å². The third kappa shape index (κ3) is 4.05. The summed E-state index contributed by atoms with van der Waals surface area (Å²) in [5.74, 6) is 1.40. The van der Waals surface area contributed by atoms with E-state index in [1.807, 2.05) is 6.20 Å². The number of pyridine rings is 1. The second kappa shape index (κ2) is 7.78. The summed E-state index contributed by atoms with van der Waals surface area (Å²) >= 11 is 0. The molecule has 0 amide bonds. The molecule has 112 valence electrons. The monoisotopic (exact) mass is 274 g/mol. The molecule has 2 atom stereocenters. The molecule has 2 nitrogen and oxygen atoms in total. The predicted octanol–water partition coefficient (Wildman–Crippen LogP) is 4.31. The normalized spacial score (nSPS) is 19.9. The van der Waals surface area contributed by atoms with Crippen molar-refractivity contribution in [1.82, 2.24) is 10.3 Å². The summed E-state index contributed by atoms with van der Waals surface area (Å²) < 4.78 is 0. The van der Waals surface area contributed by atoms with Crippen molar-refractivity contribution in [3.8, 4) is 0 Å². The maximum atomic E-state index is 4.67. The summed E-state index contributed by atoms with van der Waals surface area (Å²) in [6.45, 7) is 8.05. The van der Waals surface area contributed by atoms with Gasteiger partial charge in [0, 0.05) is 23.9 Å². The maximum Gasteiger partial charge on any atom is 0.0466 e. The van der Waals surface area contributed by atoms with E-state index in [1.165, 1.54) is 49.8 Å². The molecule has 1 aliphatic carbocycles. The molecule has 0 saturated carbocycles. The largest absolute Gasteiger partial charge is 0.314 e. The Morgan fingerprint density at radius 1 is 1.40 bits per heavy atom. The Hall–Kier alpha value is -0.890. The lowest BCUT2D eigenvalue weighted by molar-refractivity contribution is 0.349. The molecular weight excluding hydrogens is 244 g/mol. The Balaban J connectivity index is 1.93. The lowest BCUT2D eigenvalue weighted by Crippen LogP contribution is -2.34. The molecule has 0 aromatic carbocycles. The number of rotatable bonds is 7. The lowest BCUT2D eigenvalue weighted by Gasteiger charge is -2.28. The van der Waals surface area contributed by atoms with Gasteiger partial charge in [0.15, 0.2) is 0 Å². The molecule has 0 radical (unpaired) electrons. The predicted molar refractivity (Wildman–Crippen MR) is 86.1 cm³/mol. The van der Waals surface area contributed by atoms with Crippen LogP contribution in [-0.4, -0.2) is 17.6 Å². The molecule has 2 unspecified atom stereocenters. The van der Waals surface area contributed by atoms with Crippen LogP contribution in [0.4, 0.5) is 0 Å². The maximum absolute atomic E-state index is 4.67. The van der Waals surface area contributed by atoms with Crippen LogP contribution >= 0.6 is 0 Å². The van der Waals surface area contributed by atoms with Gasteiger partial charge >= 0.3 is 0 Å². The third-order valence-corrected chi connectivity index (χ3v) is 4.60. The molecule has 0 saturated heterocycles. The van der Waals surface area contributed by atoms with Crippen molar-refractivity contribution in [3.63, 3.8) is 0 Å². The van der Waals surface area contributed by atoms with Crippen molar-refractivity contribution in [2.75, 3.05) is 6.54 Å². The summed E-state index contributed by atoms with van der Waals surface area (Å²) in [4.78, 5) is 4.67. The zero-order valence-electron chi connectivity index (χ0n) is 13.4. The first-order valence-corrected chi connectivity index (χ1v) is 8.39. The van der Waals surface area contributed by atoms with Gasteiger partial charge in [0.25, 0.3) is 0 Å². The van der Waals surface area contributed by atoms with Gasteiger partial charge < -0.3 is 5.32 Å². The third-order valence-electron chi connectivity index (χ3n) is 4.60. The number of hydrogen-bond donors (Lipinski definition) is 1. The summed E-state index contributed by atoms with van der Waals surface area (Å²) in [6.07, 6.45) is 9.62. The summed E-state index contributed by atoms with van der Waals surface area (Å²) in [6, 6.07) is 5.01. The summed E-state index contributed by atoms with van der Waals surface area (Å²) in [7, 11) is 0. The first kappa shape index (κ1) is 15.5. The van der Waals surface area contributed by atoms with Crippen LogP contribution in [0.15, 0.2) is 18.3 Å². The molecule has 1 heterocycles. The molecule has 20 heavy (non-hydrogen) atoms. The Morgan fingerprint density at radius 2 is 2.25 bits per heavy atom. The second-order valence-electron chi connectivity index (χ2n) is 6.52. The lowest BCUT2D eigenvalue weighted by atomic mass is 9.82. The molecular formula is C18H30N2. The van der Waals surface area contributed by atoms with E-state index in [4.69, 9.17) is 0 Å². The molecule has 0 aliphatic heterocycles. The van der Waals surface area contributed by atoms with Crippen molar-refractivity contribution in [2.24, 2.45) is 5.92 Å². The standard InChI is InChI=1S/C18H30N2/c1-4-12-19-17(14(2)3)11-10-16-8-5-7-15-9-6-13-20-18(15)16/h6,9,13-14,16-17,19H,4-5,7-8,10-12H2,1-3H3. The van der Waals surface area contributed by atoms with Gasteiger partial charge in [-0.2, -0.15) is 0 Å². The van der Waals surface area contributed by atoms with Crippen LogP contribution in [0.2, 0.25) is 0 Å². The highest BCUT2D eigenvalue weighted by atomic mass is 14.9. The summed E-state index contributed by atoms with van der Waals surface area (Å²) in [5, 5.41) is 3.71. The highest BCUT2D eigenvalue weighted by molar-refractivity contribution is 5.25. The van der Waals surface area contributed by atoms with Crippen molar-refractivity contribution in [1.29, 1.82) is 0 Å². The van der Waals surface area contributed by atoms with Gasteiger partial charge in [-0.25, -0.2) is 0 Å². The van der Waals surface area contributed by atoms with Gasteiger partial charge in [-0.15, -0.1) is 0 Å². The van der Waals surface area contributed by atoms with Crippen molar-refractivity contribution >= 4 is 0 Å². The molecule has 0 fully saturated rings. The smallest absolute Gasteiger partial charge is 0.0466 e. The first-order valence-electron chi connectivity index (χ1n) is 8.39. The van der Waals surface area contributed by atoms with Gasteiger partial charge in [-0.05, 0) is 62.6 Å². The first-order chi connectivity index (χ1) is 9.72. The van der Waals surface area contributed by atoms with Gasteiger partial charge in [0.1, 0.15) is 0 Å². The fourth-order valence-electron chi connectivity index (χ4n) is 3.37. The van der Waals surface area contributed by atoms with E-state index in [0.717, 1.165) is 6.54 Å². The van der Waals surface area contributed by atoms with E-state index in [1.54, 1.807) is 0 Å². The number of hydrogen-bond acceptors (Lipinski definition) is 2. The van der Waals surface area contributed by atoms with Crippen LogP contribution in [0.5, 0.6) is 0 Å². The Labute approximate surface area is 124 Å². The van der Waals surface area contributed by atoms with E-state index in [-0.39, 0.29) is 0 Å². The van der Waals surface area contributed by atoms with E-state index < -0.39 is 0 Å². The van der Waals surface area contributed by atoms with Gasteiger partial charge in [-0.3, -0.25) is 4.98 Å². The summed E-state index contributed by atoms with van der Waals surface area (Å²) in [5.41, 5.74) is 2.88. The van der Waals surface area contributed by atoms with Crippen LogP contribution in [-0.2, 0) is 6.42 Å². The van der Waals surface area contributed by atoms with Gasteiger partial charge in [0.05, 0.1) is 0 Å². The highest BCUT2D eigenvalue weighted by Gasteiger charge is 2.23. The SMILES string of the molecule is CCCNC(CCC1CCCc2cccnc21)C(C)C. The number of aryl methyl sites for hydroxylation is 1. The van der Waals surface area contributed by atoms with Crippen LogP contribution in [0.3, 0.4) is 0 Å². The Morgan fingerprint density at radius 3 is 3.00 bits per heavy atom. The van der Waals surface area contributed by atoms with Crippen LogP contribution in [0.25, 0.3) is 0 Å². The second-order valence-corrected chi connectivity index (χ2v) is 6.52. The Bertz CT molecular complexity index is 400. The fraction of sp³-hybridized carbons (Fsp3) is 0.722. The minimum Gasteiger partial charge on any atom is -0.314 e. The number of fused-ring (bicyclic) bond motifs is 1. The van der Waals surface area contributed by atoms with Crippen LogP contribution in [0, 0.1) is 5.92 Å². The molecule has 1 N–H and O–H groups in total. The topological polar surface area (TPSA) is 24.9 Å². The van der Waals surface area contributed by atoms with Crippen molar-refractivity contribution in [3.05, 3.63) is 29.6 Å². The number of aromatic nitrogens is 1. The average Bonchev–Trinajstić information content (AvgIpc) is 2.47. The van der Waals surface area contributed by atoms with Gasteiger partial charge in [-0.1, -0.05) is 26.8 Å². The van der Waals surface area contributed by atoms with Crippen LogP contribution < -0.4 is 5.32 Å². The quantitative estimate of drug-likeness (QED) is 0.801. The minimum atomic E-state index is 0.657. The molecule has 0 bridgehead atoms.